The molecule has 0 heterocycles. The van der Waals surface area contributed by atoms with E-state index in [1.165, 1.54) is 0 Å². The second kappa shape index (κ2) is 4.44. The Balaban J connectivity index is 2.82. The minimum Gasteiger partial charge on any atom is -0.267 e. The first-order valence-electron chi connectivity index (χ1n) is 1.56. The standard InChI is InChI=1S/C2H3FO5/c1-2(4)5-7-8-6-3/h1H3. The van der Waals surface area contributed by atoms with Crippen LogP contribution in [0.25, 0.3) is 0 Å². The van der Waals surface area contributed by atoms with E-state index in [-0.39, 0.29) is 0 Å². The van der Waals surface area contributed by atoms with Crippen LogP contribution in [0.2, 0.25) is 0 Å². The van der Waals surface area contributed by atoms with Crippen LogP contribution in [0.1, 0.15) is 6.92 Å². The van der Waals surface area contributed by atoms with Gasteiger partial charge in [0.05, 0.1) is 0 Å². The van der Waals surface area contributed by atoms with Crippen LogP contribution in [0.3, 0.4) is 0 Å². The Morgan fingerprint density at radius 3 is 2.50 bits per heavy atom. The van der Waals surface area contributed by atoms with Gasteiger partial charge >= 0.3 is 5.97 Å². The van der Waals surface area contributed by atoms with Crippen LogP contribution in [0.15, 0.2) is 0 Å². The molecule has 0 aromatic carbocycles. The Kier molecular flexibility index (Phi) is 4.04. The Morgan fingerprint density at radius 1 is 1.50 bits per heavy atom. The second-order valence-electron chi connectivity index (χ2n) is 0.774. The zero-order chi connectivity index (χ0) is 6.41. The lowest BCUT2D eigenvalue weighted by molar-refractivity contribution is -0.666. The Labute approximate surface area is 43.6 Å². The minimum atomic E-state index is -0.776. The van der Waals surface area contributed by atoms with Crippen LogP contribution in [0.4, 0.5) is 4.53 Å². The van der Waals surface area contributed by atoms with Gasteiger partial charge in [0.2, 0.25) is 0 Å². The summed E-state index contributed by atoms with van der Waals surface area (Å²) < 4.78 is 10.4. The van der Waals surface area contributed by atoms with Crippen LogP contribution >= 0.6 is 0 Å². The molecular formula is C2H3FO5. The molecule has 0 aliphatic carbocycles. The Bertz CT molecular complexity index is 72.8. The Morgan fingerprint density at radius 2 is 2.12 bits per heavy atom. The summed E-state index contributed by atoms with van der Waals surface area (Å²) in [5.41, 5.74) is 0. The number of hydrogen-bond acceptors (Lipinski definition) is 5. The van der Waals surface area contributed by atoms with Crippen molar-refractivity contribution in [1.29, 1.82) is 0 Å². The molecule has 8 heavy (non-hydrogen) atoms. The van der Waals surface area contributed by atoms with Gasteiger partial charge in [0.1, 0.15) is 0 Å². The first kappa shape index (κ1) is 7.28. The van der Waals surface area contributed by atoms with Crippen molar-refractivity contribution in [1.82, 2.24) is 0 Å². The maximum Gasteiger partial charge on any atom is 0.342 e. The van der Waals surface area contributed by atoms with Crippen molar-refractivity contribution in [3.05, 3.63) is 0 Å². The van der Waals surface area contributed by atoms with Crippen molar-refractivity contribution in [2.75, 3.05) is 0 Å². The van der Waals surface area contributed by atoms with Crippen LogP contribution in [-0.2, 0) is 24.9 Å². The molecule has 0 saturated carbocycles. The summed E-state index contributed by atoms with van der Waals surface area (Å²) in [6.07, 6.45) is 0. The molecule has 0 fully saturated rings. The minimum absolute atomic E-state index is 0.776. The number of hydrogen-bond donors (Lipinski definition) is 0. The van der Waals surface area contributed by atoms with Crippen molar-refractivity contribution in [2.45, 2.75) is 6.92 Å². The van der Waals surface area contributed by atoms with Gasteiger partial charge in [-0.1, -0.05) is 0 Å². The number of carbonyl (C=O) groups is 1. The van der Waals surface area contributed by atoms with Crippen molar-refractivity contribution in [3.8, 4) is 0 Å². The van der Waals surface area contributed by atoms with Crippen LogP contribution < -0.4 is 0 Å². The van der Waals surface area contributed by atoms with Gasteiger partial charge in [0, 0.05) is 22.1 Å². The number of halogens is 1. The van der Waals surface area contributed by atoms with Gasteiger partial charge in [-0.25, -0.2) is 4.79 Å². The third kappa shape index (κ3) is 5.28. The van der Waals surface area contributed by atoms with Crippen molar-refractivity contribution < 1.29 is 29.4 Å². The van der Waals surface area contributed by atoms with E-state index in [1.54, 1.807) is 0 Å². The highest BCUT2D eigenvalue weighted by Gasteiger charge is 1.92. The van der Waals surface area contributed by atoms with Gasteiger partial charge in [0.15, 0.2) is 0 Å². The number of rotatable bonds is 3. The zero-order valence-electron chi connectivity index (χ0n) is 3.92. The Hall–Kier alpha value is -0.720. The average molecular weight is 126 g/mol. The summed E-state index contributed by atoms with van der Waals surface area (Å²) in [6, 6.07) is 0. The molecule has 48 valence electrons. The molecule has 0 N–H and O–H groups in total. The summed E-state index contributed by atoms with van der Waals surface area (Å²) in [5.74, 6) is -0.776. The second-order valence-corrected chi connectivity index (χ2v) is 0.774. The van der Waals surface area contributed by atoms with E-state index < -0.39 is 5.97 Å². The lowest BCUT2D eigenvalue weighted by Gasteiger charge is -1.90. The molecular weight excluding hydrogens is 123 g/mol. The van der Waals surface area contributed by atoms with Crippen LogP contribution in [0, 0.1) is 0 Å². The molecule has 0 aliphatic heterocycles. The summed E-state index contributed by atoms with van der Waals surface area (Å²) in [4.78, 5) is 13.3. The summed E-state index contributed by atoms with van der Waals surface area (Å²) in [5, 5.41) is 8.72. The smallest absolute Gasteiger partial charge is 0.267 e. The molecule has 0 aliphatic rings. The fourth-order valence-corrected chi connectivity index (χ4v) is 0.0723. The summed E-state index contributed by atoms with van der Waals surface area (Å²) in [6.45, 7) is 1.04. The third-order valence-corrected chi connectivity index (χ3v) is 0.205. The van der Waals surface area contributed by atoms with Crippen molar-refractivity contribution in [2.24, 2.45) is 0 Å². The van der Waals surface area contributed by atoms with Gasteiger partial charge in [-0.05, 0) is 4.53 Å². The van der Waals surface area contributed by atoms with E-state index in [2.05, 4.69) is 20.1 Å². The fraction of sp³-hybridized carbons (Fsp3) is 0.500. The molecule has 0 unspecified atom stereocenters. The highest BCUT2D eigenvalue weighted by molar-refractivity contribution is 5.65. The predicted octanol–water partition coefficient (Wildman–Crippen LogP) is 0.229. The first-order chi connectivity index (χ1) is 3.77. The van der Waals surface area contributed by atoms with Gasteiger partial charge in [-0.3, -0.25) is 4.89 Å². The molecule has 0 amide bonds. The van der Waals surface area contributed by atoms with E-state index in [1.807, 2.05) is 0 Å². The molecule has 0 aromatic rings. The molecule has 0 aromatic heterocycles. The van der Waals surface area contributed by atoms with Gasteiger partial charge in [-0.2, -0.15) is 0 Å². The highest BCUT2D eigenvalue weighted by Crippen LogP contribution is 1.82. The van der Waals surface area contributed by atoms with Crippen molar-refractivity contribution >= 4 is 5.97 Å². The molecule has 6 heteroatoms. The van der Waals surface area contributed by atoms with Gasteiger partial charge in [-0.15, -0.1) is 0 Å². The molecule has 0 radical (unpaired) electrons. The van der Waals surface area contributed by atoms with E-state index in [9.17, 15) is 9.32 Å². The van der Waals surface area contributed by atoms with E-state index in [0.717, 1.165) is 6.92 Å². The number of carbonyl (C=O) groups excluding carboxylic acids is 1. The molecule has 0 bridgehead atoms. The van der Waals surface area contributed by atoms with E-state index in [4.69, 9.17) is 0 Å². The quantitative estimate of drug-likeness (QED) is 0.307. The highest BCUT2D eigenvalue weighted by atomic mass is 19.3. The summed E-state index contributed by atoms with van der Waals surface area (Å²) >= 11 is 0. The lowest BCUT2D eigenvalue weighted by atomic mass is 10.9. The average Bonchev–Trinajstić information content (AvgIpc) is 1.66. The van der Waals surface area contributed by atoms with E-state index in [0.29, 0.717) is 0 Å². The molecule has 0 rings (SSSR count). The molecule has 0 spiro atoms. The van der Waals surface area contributed by atoms with Gasteiger partial charge in [0.25, 0.3) is 0 Å². The van der Waals surface area contributed by atoms with Crippen LogP contribution in [0.5, 0.6) is 0 Å². The molecule has 5 nitrogen and oxygen atoms in total. The normalized spacial score (nSPS) is 8.75. The summed E-state index contributed by atoms with van der Waals surface area (Å²) in [7, 11) is 0. The monoisotopic (exact) mass is 126 g/mol. The maximum absolute atomic E-state index is 10.4. The zero-order valence-corrected chi connectivity index (χ0v) is 3.92. The van der Waals surface area contributed by atoms with Gasteiger partial charge < -0.3 is 0 Å². The van der Waals surface area contributed by atoms with Crippen molar-refractivity contribution in [3.63, 3.8) is 0 Å². The van der Waals surface area contributed by atoms with E-state index >= 15 is 0 Å². The third-order valence-electron chi connectivity index (χ3n) is 0.205. The van der Waals surface area contributed by atoms with Crippen LogP contribution in [-0.4, -0.2) is 5.97 Å². The molecule has 0 atom stereocenters. The predicted molar refractivity (Wildman–Crippen MR) is 16.1 cm³/mol. The maximum atomic E-state index is 10.4. The SMILES string of the molecule is CC(=O)OOOOF. The topological polar surface area (TPSA) is 54.0 Å². The fourth-order valence-electron chi connectivity index (χ4n) is 0.0723. The lowest BCUT2D eigenvalue weighted by Crippen LogP contribution is -1.99. The first-order valence-corrected chi connectivity index (χ1v) is 1.56. The largest absolute Gasteiger partial charge is 0.342 e. The molecule has 0 saturated heterocycles.